The third kappa shape index (κ3) is 4.22. The molecule has 0 unspecified atom stereocenters. The molecule has 5 nitrogen and oxygen atoms in total. The maximum absolute atomic E-state index is 5.79. The largest absolute Gasteiger partial charge is 0.367 e. The zero-order valence-electron chi connectivity index (χ0n) is 15.2. The number of guanidine groups is 1. The van der Waals surface area contributed by atoms with E-state index < -0.39 is 0 Å². The van der Waals surface area contributed by atoms with Gasteiger partial charge in [-0.25, -0.2) is 5.43 Å². The molecular weight excluding hydrogens is 346 g/mol. The molecule has 0 amide bonds. The van der Waals surface area contributed by atoms with Gasteiger partial charge in [0.1, 0.15) is 0 Å². The first-order valence-corrected chi connectivity index (χ1v) is 8.91. The fourth-order valence-corrected chi connectivity index (χ4v) is 2.93. The summed E-state index contributed by atoms with van der Waals surface area (Å²) in [6.07, 6.45) is 3.36. The van der Waals surface area contributed by atoms with Gasteiger partial charge in [-0.1, -0.05) is 72.8 Å². The van der Waals surface area contributed by atoms with Gasteiger partial charge >= 0.3 is 0 Å². The lowest BCUT2D eigenvalue weighted by Crippen LogP contribution is -2.26. The highest BCUT2D eigenvalue weighted by atomic mass is 15.4. The Morgan fingerprint density at radius 2 is 1.21 bits per heavy atom. The molecule has 0 saturated carbocycles. The van der Waals surface area contributed by atoms with Crippen LogP contribution in [0, 0.1) is 0 Å². The van der Waals surface area contributed by atoms with E-state index in [-0.39, 0.29) is 5.96 Å². The summed E-state index contributed by atoms with van der Waals surface area (Å²) in [6, 6.07) is 28.6. The molecule has 5 heteroatoms. The standard InChI is InChI=1S/C23H19N5/c24-23(27-25-15-17-9-11-19-5-1-3-7-21(19)13-17)28-26-16-18-10-12-20-6-2-4-8-22(20)14-18/h1-16H,(H3,24,27,28)/b25-15-,26-16-. The Hall–Kier alpha value is -3.99. The maximum atomic E-state index is 5.79. The topological polar surface area (TPSA) is 75.1 Å². The Labute approximate surface area is 162 Å². The minimum atomic E-state index is 0.120. The van der Waals surface area contributed by atoms with E-state index in [2.05, 4.69) is 69.3 Å². The van der Waals surface area contributed by atoms with Crippen LogP contribution in [0.2, 0.25) is 0 Å². The van der Waals surface area contributed by atoms with E-state index in [1.54, 1.807) is 12.4 Å². The van der Waals surface area contributed by atoms with Crippen molar-refractivity contribution in [1.82, 2.24) is 5.43 Å². The van der Waals surface area contributed by atoms with Crippen molar-refractivity contribution in [3.63, 3.8) is 0 Å². The summed E-state index contributed by atoms with van der Waals surface area (Å²) in [5.74, 6) is 0.120. The minimum Gasteiger partial charge on any atom is -0.367 e. The second-order valence-corrected chi connectivity index (χ2v) is 6.31. The zero-order valence-corrected chi connectivity index (χ0v) is 15.2. The Morgan fingerprint density at radius 1 is 0.679 bits per heavy atom. The number of hydrazone groups is 1. The van der Waals surface area contributed by atoms with Crippen LogP contribution in [0.1, 0.15) is 11.1 Å². The molecule has 0 radical (unpaired) electrons. The number of nitrogens with one attached hydrogen (secondary N) is 1. The lowest BCUT2D eigenvalue weighted by Gasteiger charge is -2.00. The SMILES string of the molecule is NC(=N/N=C\c1ccc2ccccc2c1)N/N=C\c1ccc2ccccc2c1. The number of fused-ring (bicyclic) bond motifs is 2. The van der Waals surface area contributed by atoms with Crippen LogP contribution in [0.25, 0.3) is 21.5 Å². The van der Waals surface area contributed by atoms with Crippen LogP contribution in [0.15, 0.2) is 100 Å². The molecule has 0 aliphatic heterocycles. The zero-order chi connectivity index (χ0) is 19.2. The van der Waals surface area contributed by atoms with Gasteiger partial charge in [-0.05, 0) is 44.8 Å². The summed E-state index contributed by atoms with van der Waals surface area (Å²) in [4.78, 5) is 0. The van der Waals surface area contributed by atoms with Crippen LogP contribution < -0.4 is 11.2 Å². The van der Waals surface area contributed by atoms with Crippen LogP contribution >= 0.6 is 0 Å². The molecule has 0 bridgehead atoms. The van der Waals surface area contributed by atoms with E-state index in [4.69, 9.17) is 5.73 Å². The average Bonchev–Trinajstić information content (AvgIpc) is 2.73. The Bertz CT molecular complexity index is 1210. The first kappa shape index (κ1) is 17.4. The van der Waals surface area contributed by atoms with Crippen LogP contribution in [0.5, 0.6) is 0 Å². The first-order valence-electron chi connectivity index (χ1n) is 8.91. The fourth-order valence-electron chi connectivity index (χ4n) is 2.93. The lowest BCUT2D eigenvalue weighted by atomic mass is 10.1. The smallest absolute Gasteiger partial charge is 0.234 e. The third-order valence-corrected chi connectivity index (χ3v) is 4.31. The van der Waals surface area contributed by atoms with E-state index in [9.17, 15) is 0 Å². The van der Waals surface area contributed by atoms with Crippen molar-refractivity contribution in [2.24, 2.45) is 21.0 Å². The van der Waals surface area contributed by atoms with E-state index in [1.807, 2.05) is 36.4 Å². The molecule has 0 spiro atoms. The van der Waals surface area contributed by atoms with Crippen LogP contribution in [0.3, 0.4) is 0 Å². The Morgan fingerprint density at radius 3 is 1.82 bits per heavy atom. The normalized spacial score (nSPS) is 12.4. The highest BCUT2D eigenvalue weighted by Gasteiger charge is 1.95. The molecule has 28 heavy (non-hydrogen) atoms. The summed E-state index contributed by atoms with van der Waals surface area (Å²) in [5.41, 5.74) is 10.4. The average molecular weight is 365 g/mol. The number of nitrogens with zero attached hydrogens (tertiary/aromatic N) is 3. The van der Waals surface area contributed by atoms with Gasteiger partial charge in [-0.3, -0.25) is 0 Å². The van der Waals surface area contributed by atoms with Crippen molar-refractivity contribution in [1.29, 1.82) is 0 Å². The van der Waals surface area contributed by atoms with E-state index >= 15 is 0 Å². The van der Waals surface area contributed by atoms with Crippen molar-refractivity contribution < 1.29 is 0 Å². The van der Waals surface area contributed by atoms with Crippen molar-refractivity contribution in [3.05, 3.63) is 96.1 Å². The second-order valence-electron chi connectivity index (χ2n) is 6.31. The second kappa shape index (κ2) is 8.14. The third-order valence-electron chi connectivity index (χ3n) is 4.31. The van der Waals surface area contributed by atoms with Gasteiger partial charge in [0.2, 0.25) is 5.96 Å². The summed E-state index contributed by atoms with van der Waals surface area (Å²) in [7, 11) is 0. The molecule has 136 valence electrons. The Balaban J connectivity index is 1.39. The van der Waals surface area contributed by atoms with Crippen LogP contribution in [0.4, 0.5) is 0 Å². The molecule has 4 rings (SSSR count). The van der Waals surface area contributed by atoms with E-state index in [0.717, 1.165) is 21.9 Å². The summed E-state index contributed by atoms with van der Waals surface area (Å²) in [6.45, 7) is 0. The monoisotopic (exact) mass is 365 g/mol. The van der Waals surface area contributed by atoms with E-state index in [0.29, 0.717) is 0 Å². The quantitative estimate of drug-likeness (QED) is 0.322. The predicted molar refractivity (Wildman–Crippen MR) is 118 cm³/mol. The molecule has 0 saturated heterocycles. The van der Waals surface area contributed by atoms with Crippen molar-refractivity contribution in [3.8, 4) is 0 Å². The molecule has 0 aromatic heterocycles. The highest BCUT2D eigenvalue weighted by molar-refractivity contribution is 5.92. The van der Waals surface area contributed by atoms with Gasteiger partial charge in [0, 0.05) is 0 Å². The van der Waals surface area contributed by atoms with E-state index in [1.165, 1.54) is 10.8 Å². The van der Waals surface area contributed by atoms with Crippen LogP contribution in [-0.4, -0.2) is 18.4 Å². The van der Waals surface area contributed by atoms with Crippen molar-refractivity contribution in [2.75, 3.05) is 0 Å². The Kier molecular flexibility index (Phi) is 5.06. The first-order chi connectivity index (χ1) is 13.8. The molecule has 0 aliphatic rings. The van der Waals surface area contributed by atoms with Crippen LogP contribution in [-0.2, 0) is 0 Å². The summed E-state index contributed by atoms with van der Waals surface area (Å²) >= 11 is 0. The molecule has 0 atom stereocenters. The van der Waals surface area contributed by atoms with Crippen molar-refractivity contribution >= 4 is 39.9 Å². The van der Waals surface area contributed by atoms with Gasteiger partial charge in [0.25, 0.3) is 0 Å². The number of rotatable bonds is 4. The highest BCUT2D eigenvalue weighted by Crippen LogP contribution is 2.15. The molecule has 4 aromatic rings. The van der Waals surface area contributed by atoms with Crippen molar-refractivity contribution in [2.45, 2.75) is 0 Å². The van der Waals surface area contributed by atoms with Gasteiger partial charge < -0.3 is 5.73 Å². The maximum Gasteiger partial charge on any atom is 0.234 e. The van der Waals surface area contributed by atoms with Gasteiger partial charge in [-0.15, -0.1) is 5.10 Å². The lowest BCUT2D eigenvalue weighted by molar-refractivity contribution is 0.994. The summed E-state index contributed by atoms with van der Waals surface area (Å²) in [5, 5.41) is 16.7. The molecule has 3 N–H and O–H groups in total. The molecular formula is C23H19N5. The van der Waals surface area contributed by atoms with Gasteiger partial charge in [-0.2, -0.15) is 10.2 Å². The molecule has 0 fully saturated rings. The molecule has 0 aliphatic carbocycles. The number of hydrogen-bond donors (Lipinski definition) is 2. The number of benzene rings is 4. The number of nitrogens with two attached hydrogens (primary N) is 1. The predicted octanol–water partition coefficient (Wildman–Crippen LogP) is 4.27. The number of hydrogen-bond acceptors (Lipinski definition) is 3. The molecule has 4 aromatic carbocycles. The minimum absolute atomic E-state index is 0.120. The fraction of sp³-hybridized carbons (Fsp3) is 0. The van der Waals surface area contributed by atoms with Gasteiger partial charge in [0.15, 0.2) is 0 Å². The van der Waals surface area contributed by atoms with Gasteiger partial charge in [0.05, 0.1) is 12.4 Å². The molecule has 0 heterocycles. The summed E-state index contributed by atoms with van der Waals surface area (Å²) < 4.78 is 0.